The van der Waals surface area contributed by atoms with Gasteiger partial charge in [-0.2, -0.15) is 4.98 Å². The average Bonchev–Trinajstić information content (AvgIpc) is 2.49. The van der Waals surface area contributed by atoms with Crippen LogP contribution in [0.4, 0.5) is 11.5 Å². The lowest BCUT2D eigenvalue weighted by molar-refractivity contribution is 0.407. The summed E-state index contributed by atoms with van der Waals surface area (Å²) in [5, 5.41) is 3.14. The Morgan fingerprint density at radius 3 is 2.50 bits per heavy atom. The van der Waals surface area contributed by atoms with Gasteiger partial charge in [-0.05, 0) is 29.1 Å². The van der Waals surface area contributed by atoms with E-state index in [1.54, 1.807) is 18.2 Å². The third kappa shape index (κ3) is 5.04. The highest BCUT2D eigenvalue weighted by molar-refractivity contribution is 7.89. The number of nitrogens with one attached hydrogen (secondary N) is 2. The molecule has 1 aromatic carbocycles. The number of hydrogen-bond acceptors (Lipinski definition) is 5. The molecule has 0 atom stereocenters. The summed E-state index contributed by atoms with van der Waals surface area (Å²) in [7, 11) is -3.70. The van der Waals surface area contributed by atoms with Crippen molar-refractivity contribution in [1.29, 1.82) is 0 Å². The van der Waals surface area contributed by atoms with Gasteiger partial charge in [-0.1, -0.05) is 44.5 Å². The Morgan fingerprint density at radius 1 is 1.17 bits per heavy atom. The Balaban J connectivity index is 2.35. The van der Waals surface area contributed by atoms with Gasteiger partial charge in [0.15, 0.2) is 5.82 Å². The van der Waals surface area contributed by atoms with Gasteiger partial charge in [-0.15, -0.1) is 0 Å². The van der Waals surface area contributed by atoms with E-state index in [9.17, 15) is 8.42 Å². The SMILES string of the molecule is CC(C)(C)CNS(=O)(=O)c1ccccc1Nc1nc(Cl)ncc1Cl. The van der Waals surface area contributed by atoms with Crippen LogP contribution in [0.25, 0.3) is 0 Å². The summed E-state index contributed by atoms with van der Waals surface area (Å²) < 4.78 is 27.8. The first-order chi connectivity index (χ1) is 11.1. The molecule has 0 bridgehead atoms. The second-order valence-corrected chi connectivity index (χ2v) is 8.82. The van der Waals surface area contributed by atoms with E-state index in [4.69, 9.17) is 23.2 Å². The molecular formula is C15H18Cl2N4O2S. The average molecular weight is 389 g/mol. The molecule has 6 nitrogen and oxygen atoms in total. The minimum Gasteiger partial charge on any atom is -0.338 e. The highest BCUT2D eigenvalue weighted by atomic mass is 35.5. The van der Waals surface area contributed by atoms with Gasteiger partial charge < -0.3 is 5.32 Å². The zero-order valence-corrected chi connectivity index (χ0v) is 15.8. The maximum Gasteiger partial charge on any atom is 0.242 e. The Kier molecular flexibility index (Phi) is 5.70. The van der Waals surface area contributed by atoms with Crippen LogP contribution in [0.1, 0.15) is 20.8 Å². The Morgan fingerprint density at radius 2 is 1.83 bits per heavy atom. The first-order valence-corrected chi connectivity index (χ1v) is 9.36. The number of anilines is 2. The van der Waals surface area contributed by atoms with Gasteiger partial charge in [-0.3, -0.25) is 0 Å². The highest BCUT2D eigenvalue weighted by Crippen LogP contribution is 2.28. The van der Waals surface area contributed by atoms with E-state index in [2.05, 4.69) is 20.0 Å². The molecule has 0 aliphatic rings. The lowest BCUT2D eigenvalue weighted by Crippen LogP contribution is -2.32. The van der Waals surface area contributed by atoms with Crippen molar-refractivity contribution in [2.75, 3.05) is 11.9 Å². The van der Waals surface area contributed by atoms with Crippen molar-refractivity contribution in [1.82, 2.24) is 14.7 Å². The minimum absolute atomic E-state index is 0.00750. The van der Waals surface area contributed by atoms with Gasteiger partial charge >= 0.3 is 0 Å². The van der Waals surface area contributed by atoms with Crippen LogP contribution in [0.2, 0.25) is 10.3 Å². The van der Waals surface area contributed by atoms with Crippen molar-refractivity contribution in [2.24, 2.45) is 5.41 Å². The molecule has 9 heteroatoms. The number of para-hydroxylation sites is 1. The number of sulfonamides is 1. The summed E-state index contributed by atoms with van der Waals surface area (Å²) in [6.07, 6.45) is 1.34. The van der Waals surface area contributed by atoms with Crippen LogP contribution in [0, 0.1) is 5.41 Å². The summed E-state index contributed by atoms with van der Waals surface area (Å²) >= 11 is 11.8. The fourth-order valence-corrected chi connectivity index (χ4v) is 3.47. The molecule has 2 N–H and O–H groups in total. The summed E-state index contributed by atoms with van der Waals surface area (Å²) in [6, 6.07) is 6.48. The van der Waals surface area contributed by atoms with Crippen molar-refractivity contribution in [2.45, 2.75) is 25.7 Å². The monoisotopic (exact) mass is 388 g/mol. The van der Waals surface area contributed by atoms with Crippen molar-refractivity contribution in [3.63, 3.8) is 0 Å². The number of benzene rings is 1. The van der Waals surface area contributed by atoms with Crippen LogP contribution in [-0.4, -0.2) is 24.9 Å². The van der Waals surface area contributed by atoms with Crippen molar-refractivity contribution in [3.05, 3.63) is 40.8 Å². The number of hydrogen-bond donors (Lipinski definition) is 2. The third-order valence-corrected chi connectivity index (χ3v) is 4.85. The van der Waals surface area contributed by atoms with Crippen LogP contribution in [-0.2, 0) is 10.0 Å². The van der Waals surface area contributed by atoms with Crippen molar-refractivity contribution in [3.8, 4) is 0 Å². The molecule has 0 aliphatic heterocycles. The smallest absolute Gasteiger partial charge is 0.242 e. The van der Waals surface area contributed by atoms with E-state index in [0.717, 1.165) is 0 Å². The van der Waals surface area contributed by atoms with Gasteiger partial charge in [0, 0.05) is 6.54 Å². The Labute approximate surface area is 151 Å². The van der Waals surface area contributed by atoms with Gasteiger partial charge in [0.05, 0.1) is 11.9 Å². The standard InChI is InChI=1S/C15H18Cl2N4O2S/c1-15(2,3)9-19-24(22,23)12-7-5-4-6-11(12)20-13-10(16)8-18-14(17)21-13/h4-8,19H,9H2,1-3H3,(H,18,20,21). The quantitative estimate of drug-likeness (QED) is 0.759. The van der Waals surface area contributed by atoms with Crippen LogP contribution >= 0.6 is 23.2 Å². The predicted molar refractivity (Wildman–Crippen MR) is 96.4 cm³/mol. The van der Waals surface area contributed by atoms with Crippen LogP contribution in [0.5, 0.6) is 0 Å². The van der Waals surface area contributed by atoms with Crippen LogP contribution in [0.15, 0.2) is 35.4 Å². The summed E-state index contributed by atoms with van der Waals surface area (Å²) in [5.41, 5.74) is 0.162. The summed E-state index contributed by atoms with van der Waals surface area (Å²) in [6.45, 7) is 6.15. The number of halogens is 2. The molecule has 0 unspecified atom stereocenters. The van der Waals surface area contributed by atoms with Crippen molar-refractivity contribution < 1.29 is 8.42 Å². The molecule has 24 heavy (non-hydrogen) atoms. The molecule has 2 aromatic rings. The van der Waals surface area contributed by atoms with Gasteiger partial charge in [0.1, 0.15) is 9.92 Å². The maximum absolute atomic E-state index is 12.6. The topological polar surface area (TPSA) is 84.0 Å². The first-order valence-electron chi connectivity index (χ1n) is 7.12. The fraction of sp³-hybridized carbons (Fsp3) is 0.333. The van der Waals surface area contributed by atoms with Gasteiger partial charge in [0.2, 0.25) is 15.3 Å². The minimum atomic E-state index is -3.70. The van der Waals surface area contributed by atoms with Gasteiger partial charge in [-0.25, -0.2) is 18.1 Å². The second-order valence-electron chi connectivity index (χ2n) is 6.34. The van der Waals surface area contributed by atoms with E-state index < -0.39 is 10.0 Å². The molecule has 0 spiro atoms. The molecular weight excluding hydrogens is 371 g/mol. The number of aromatic nitrogens is 2. The Bertz CT molecular complexity index is 836. The molecule has 0 amide bonds. The molecule has 1 aromatic heterocycles. The lowest BCUT2D eigenvalue weighted by Gasteiger charge is -2.20. The van der Waals surface area contributed by atoms with Gasteiger partial charge in [0.25, 0.3) is 0 Å². The largest absolute Gasteiger partial charge is 0.338 e. The normalized spacial score (nSPS) is 12.2. The fourth-order valence-electron chi connectivity index (χ4n) is 1.75. The molecule has 2 rings (SSSR count). The molecule has 0 saturated carbocycles. The molecule has 1 heterocycles. The highest BCUT2D eigenvalue weighted by Gasteiger charge is 2.21. The number of nitrogens with zero attached hydrogens (tertiary/aromatic N) is 2. The lowest BCUT2D eigenvalue weighted by atomic mass is 9.98. The molecule has 0 saturated heterocycles. The molecule has 0 aliphatic carbocycles. The second kappa shape index (κ2) is 7.23. The molecule has 0 radical (unpaired) electrons. The maximum atomic E-state index is 12.6. The van der Waals surface area contributed by atoms with Crippen LogP contribution in [0.3, 0.4) is 0 Å². The third-order valence-electron chi connectivity index (χ3n) is 2.94. The van der Waals surface area contributed by atoms with E-state index in [-0.39, 0.29) is 26.4 Å². The summed E-state index contributed by atoms with van der Waals surface area (Å²) in [5.74, 6) is 0.232. The van der Waals surface area contributed by atoms with Crippen LogP contribution < -0.4 is 10.0 Å². The zero-order chi connectivity index (χ0) is 18.0. The summed E-state index contributed by atoms with van der Waals surface area (Å²) in [4.78, 5) is 7.83. The predicted octanol–water partition coefficient (Wildman–Crippen LogP) is 3.85. The van der Waals surface area contributed by atoms with Crippen molar-refractivity contribution >= 4 is 44.7 Å². The molecule has 0 fully saturated rings. The first kappa shape index (κ1) is 18.9. The zero-order valence-electron chi connectivity index (χ0n) is 13.5. The number of rotatable bonds is 5. The molecule has 130 valence electrons. The van der Waals surface area contributed by atoms with E-state index in [0.29, 0.717) is 12.2 Å². The Hall–Kier alpha value is -1.41. The van der Waals surface area contributed by atoms with E-state index >= 15 is 0 Å². The van der Waals surface area contributed by atoms with E-state index in [1.165, 1.54) is 12.3 Å². The van der Waals surface area contributed by atoms with E-state index in [1.807, 2.05) is 20.8 Å².